The summed E-state index contributed by atoms with van der Waals surface area (Å²) in [7, 11) is 1.30. The lowest BCUT2D eigenvalue weighted by molar-refractivity contribution is -0.121. The van der Waals surface area contributed by atoms with Crippen molar-refractivity contribution in [2.45, 2.75) is 12.3 Å². The molecule has 158 valence electrons. The number of nitrogens with one attached hydrogen (secondary N) is 2. The summed E-state index contributed by atoms with van der Waals surface area (Å²) in [6, 6.07) is 15.6. The molecule has 2 aromatic carbocycles. The van der Waals surface area contributed by atoms with Crippen LogP contribution in [0.4, 0.5) is 5.69 Å². The number of rotatable bonds is 6. The van der Waals surface area contributed by atoms with Gasteiger partial charge >= 0.3 is 5.97 Å². The normalized spacial score (nSPS) is 15.6. The molecule has 31 heavy (non-hydrogen) atoms. The van der Waals surface area contributed by atoms with Crippen molar-refractivity contribution in [3.63, 3.8) is 0 Å². The Morgan fingerprint density at radius 3 is 2.61 bits per heavy atom. The summed E-state index contributed by atoms with van der Waals surface area (Å²) in [4.78, 5) is 36.2. The second kappa shape index (κ2) is 10.2. The highest BCUT2D eigenvalue weighted by Crippen LogP contribution is 2.36. The van der Waals surface area contributed by atoms with Crippen LogP contribution in [0.2, 0.25) is 5.02 Å². The van der Waals surface area contributed by atoms with Crippen LogP contribution in [0.1, 0.15) is 28.3 Å². The molecule has 3 rings (SSSR count). The maximum absolute atomic E-state index is 12.3. The first-order valence-corrected chi connectivity index (χ1v) is 10.6. The van der Waals surface area contributed by atoms with Crippen LogP contribution in [0.5, 0.6) is 0 Å². The van der Waals surface area contributed by atoms with E-state index >= 15 is 0 Å². The molecule has 0 fully saturated rings. The molecule has 2 amide bonds. The Morgan fingerprint density at radius 2 is 1.97 bits per heavy atom. The zero-order valence-corrected chi connectivity index (χ0v) is 18.0. The molecule has 0 saturated carbocycles. The fourth-order valence-electron chi connectivity index (χ4n) is 3.07. The van der Waals surface area contributed by atoms with Crippen molar-refractivity contribution in [3.05, 3.63) is 75.3 Å². The Bertz CT molecular complexity index is 1090. The van der Waals surface area contributed by atoms with Gasteiger partial charge in [0.2, 0.25) is 11.8 Å². The molecule has 0 aromatic heterocycles. The van der Waals surface area contributed by atoms with Crippen LogP contribution in [-0.4, -0.2) is 30.6 Å². The number of amides is 2. The number of allylic oxidation sites excluding steroid dienone is 1. The summed E-state index contributed by atoms with van der Waals surface area (Å²) < 4.78 is 4.69. The quantitative estimate of drug-likeness (QED) is 0.640. The monoisotopic (exact) mass is 455 g/mol. The number of ether oxygens (including phenoxy) is 1. The standard InChI is InChI=1S/C22H18ClN3O4S/c1-30-22(29)14-8-6-13(7-9-14)15-10-19(27)26-21(16(15)11-24)31-12-20(28)25-18-5-3-2-4-17(18)23/h2-9,15H,10,12H2,1H3,(H,25,28)(H,26,27)/t15-/m1/s1. The first kappa shape index (κ1) is 22.4. The highest BCUT2D eigenvalue weighted by molar-refractivity contribution is 8.03. The molecular formula is C22H18ClN3O4S. The third kappa shape index (κ3) is 5.45. The van der Waals surface area contributed by atoms with E-state index in [0.717, 1.165) is 17.3 Å². The van der Waals surface area contributed by atoms with E-state index in [1.54, 1.807) is 48.5 Å². The van der Waals surface area contributed by atoms with Crippen LogP contribution in [0, 0.1) is 11.3 Å². The van der Waals surface area contributed by atoms with Gasteiger partial charge in [-0.25, -0.2) is 4.79 Å². The molecule has 0 radical (unpaired) electrons. The average molecular weight is 456 g/mol. The molecule has 1 aliphatic rings. The minimum Gasteiger partial charge on any atom is -0.465 e. The van der Waals surface area contributed by atoms with E-state index in [4.69, 9.17) is 11.6 Å². The lowest BCUT2D eigenvalue weighted by Crippen LogP contribution is -2.31. The highest BCUT2D eigenvalue weighted by atomic mass is 35.5. The summed E-state index contributed by atoms with van der Waals surface area (Å²) >= 11 is 7.12. The second-order valence-corrected chi connectivity index (χ2v) is 7.98. The Kier molecular flexibility index (Phi) is 7.34. The number of nitriles is 1. The first-order chi connectivity index (χ1) is 14.9. The first-order valence-electron chi connectivity index (χ1n) is 9.22. The second-order valence-electron chi connectivity index (χ2n) is 6.59. The number of hydrogen-bond acceptors (Lipinski definition) is 6. The van der Waals surface area contributed by atoms with Crippen molar-refractivity contribution in [1.82, 2.24) is 5.32 Å². The molecule has 0 aliphatic carbocycles. The summed E-state index contributed by atoms with van der Waals surface area (Å²) in [5.41, 5.74) is 1.94. The smallest absolute Gasteiger partial charge is 0.337 e. The van der Waals surface area contributed by atoms with Gasteiger partial charge in [-0.1, -0.05) is 47.6 Å². The molecule has 7 nitrogen and oxygen atoms in total. The van der Waals surface area contributed by atoms with Gasteiger partial charge in [0, 0.05) is 12.3 Å². The van der Waals surface area contributed by atoms with Crippen molar-refractivity contribution in [1.29, 1.82) is 5.26 Å². The van der Waals surface area contributed by atoms with Gasteiger partial charge in [-0.3, -0.25) is 9.59 Å². The summed E-state index contributed by atoms with van der Waals surface area (Å²) in [5.74, 6) is -1.53. The number of thioether (sulfide) groups is 1. The van der Waals surface area contributed by atoms with Crippen LogP contribution in [0.25, 0.3) is 0 Å². The minimum absolute atomic E-state index is 0.0139. The van der Waals surface area contributed by atoms with Gasteiger partial charge in [-0.05, 0) is 29.8 Å². The Labute approximate surface area is 188 Å². The molecule has 0 spiro atoms. The fourth-order valence-corrected chi connectivity index (χ4v) is 4.13. The van der Waals surface area contributed by atoms with E-state index in [-0.39, 0.29) is 24.0 Å². The Morgan fingerprint density at radius 1 is 1.26 bits per heavy atom. The van der Waals surface area contributed by atoms with Gasteiger partial charge in [0.15, 0.2) is 0 Å². The van der Waals surface area contributed by atoms with Crippen molar-refractivity contribution in [2.75, 3.05) is 18.2 Å². The number of benzene rings is 2. The lowest BCUT2D eigenvalue weighted by atomic mass is 9.87. The number of halogens is 1. The predicted octanol–water partition coefficient (Wildman–Crippen LogP) is 3.84. The van der Waals surface area contributed by atoms with E-state index in [1.807, 2.05) is 0 Å². The molecule has 2 N–H and O–H groups in total. The number of nitrogens with zero attached hydrogens (tertiary/aromatic N) is 1. The topological polar surface area (TPSA) is 108 Å². The van der Waals surface area contributed by atoms with Gasteiger partial charge in [0.05, 0.1) is 45.8 Å². The van der Waals surface area contributed by atoms with Gasteiger partial charge in [-0.2, -0.15) is 5.26 Å². The molecule has 0 bridgehead atoms. The van der Waals surface area contributed by atoms with E-state index < -0.39 is 11.9 Å². The summed E-state index contributed by atoms with van der Waals surface area (Å²) in [6.07, 6.45) is 0.0936. The van der Waals surface area contributed by atoms with Gasteiger partial charge < -0.3 is 15.4 Å². The molecule has 1 aliphatic heterocycles. The Hall–Kier alpha value is -3.28. The fraction of sp³-hybridized carbons (Fsp3) is 0.182. The van der Waals surface area contributed by atoms with E-state index in [2.05, 4.69) is 21.4 Å². The number of hydrogen-bond donors (Lipinski definition) is 2. The molecular weight excluding hydrogens is 438 g/mol. The van der Waals surface area contributed by atoms with E-state index in [0.29, 0.717) is 26.9 Å². The zero-order chi connectivity index (χ0) is 22.4. The van der Waals surface area contributed by atoms with Crippen LogP contribution in [-0.2, 0) is 14.3 Å². The van der Waals surface area contributed by atoms with Crippen molar-refractivity contribution in [3.8, 4) is 6.07 Å². The number of anilines is 1. The third-order valence-corrected chi connectivity index (χ3v) is 5.93. The van der Waals surface area contributed by atoms with Crippen molar-refractivity contribution >= 4 is 46.8 Å². The highest BCUT2D eigenvalue weighted by Gasteiger charge is 2.30. The maximum atomic E-state index is 12.3. The predicted molar refractivity (Wildman–Crippen MR) is 118 cm³/mol. The van der Waals surface area contributed by atoms with Gasteiger partial charge in [0.25, 0.3) is 0 Å². The minimum atomic E-state index is -0.473. The third-order valence-electron chi connectivity index (χ3n) is 4.59. The number of carbonyl (C=O) groups is 3. The van der Waals surface area contributed by atoms with Crippen LogP contribution in [0.3, 0.4) is 0 Å². The number of esters is 1. The number of para-hydroxylation sites is 1. The van der Waals surface area contributed by atoms with Crippen LogP contribution >= 0.6 is 23.4 Å². The maximum Gasteiger partial charge on any atom is 0.337 e. The molecule has 9 heteroatoms. The van der Waals surface area contributed by atoms with Gasteiger partial charge in [-0.15, -0.1) is 0 Å². The molecule has 1 atom stereocenters. The largest absolute Gasteiger partial charge is 0.465 e. The van der Waals surface area contributed by atoms with E-state index in [9.17, 15) is 19.6 Å². The molecule has 0 saturated heterocycles. The van der Waals surface area contributed by atoms with Gasteiger partial charge in [0.1, 0.15) is 0 Å². The molecule has 1 heterocycles. The number of methoxy groups -OCH3 is 1. The van der Waals surface area contributed by atoms with E-state index in [1.165, 1.54) is 7.11 Å². The number of carbonyl (C=O) groups excluding carboxylic acids is 3. The SMILES string of the molecule is COC(=O)c1ccc([C@H]2CC(=O)NC(SCC(=O)Nc3ccccc3Cl)=C2C#N)cc1. The van der Waals surface area contributed by atoms with Crippen molar-refractivity contribution < 1.29 is 19.1 Å². The summed E-state index contributed by atoms with van der Waals surface area (Å²) in [5, 5.41) is 15.9. The summed E-state index contributed by atoms with van der Waals surface area (Å²) in [6.45, 7) is 0. The average Bonchev–Trinajstić information content (AvgIpc) is 2.78. The molecule has 2 aromatic rings. The zero-order valence-electron chi connectivity index (χ0n) is 16.5. The Balaban J connectivity index is 1.76. The van der Waals surface area contributed by atoms with Crippen LogP contribution in [0.15, 0.2) is 59.1 Å². The lowest BCUT2D eigenvalue weighted by Gasteiger charge is -2.25. The van der Waals surface area contributed by atoms with Crippen molar-refractivity contribution in [2.24, 2.45) is 0 Å². The van der Waals surface area contributed by atoms with Crippen LogP contribution < -0.4 is 10.6 Å². The molecule has 0 unspecified atom stereocenters.